The predicted octanol–water partition coefficient (Wildman–Crippen LogP) is 3.26. The number of anilines is 1. The molecule has 0 aromatic heterocycles. The van der Waals surface area contributed by atoms with Crippen LogP contribution in [0.25, 0.3) is 0 Å². The van der Waals surface area contributed by atoms with E-state index >= 15 is 0 Å². The number of halogens is 1. The summed E-state index contributed by atoms with van der Waals surface area (Å²) >= 11 is 3.29. The van der Waals surface area contributed by atoms with Gasteiger partial charge in [-0.2, -0.15) is 5.26 Å². The average Bonchev–Trinajstić information content (AvgIpc) is 2.41. The predicted molar refractivity (Wildman–Crippen MR) is 81.5 cm³/mol. The second-order valence-electron chi connectivity index (χ2n) is 4.18. The fourth-order valence-electron chi connectivity index (χ4n) is 1.63. The first-order valence-electron chi connectivity index (χ1n) is 5.74. The molecule has 20 heavy (non-hydrogen) atoms. The smallest absolute Gasteiger partial charge is 0.236 e. The summed E-state index contributed by atoms with van der Waals surface area (Å²) in [7, 11) is -3.47. The Morgan fingerprint density at radius 3 is 2.20 bits per heavy atom. The highest BCUT2D eigenvalue weighted by atomic mass is 79.9. The van der Waals surface area contributed by atoms with Crippen molar-refractivity contribution in [3.63, 3.8) is 0 Å². The van der Waals surface area contributed by atoms with Gasteiger partial charge in [0.05, 0.1) is 17.4 Å². The minimum atomic E-state index is -3.47. The highest BCUT2D eigenvalue weighted by Gasteiger charge is 2.11. The molecular weight excluding hydrogens is 340 g/mol. The van der Waals surface area contributed by atoms with E-state index in [1.807, 2.05) is 6.07 Å². The molecule has 0 amide bonds. The van der Waals surface area contributed by atoms with Crippen molar-refractivity contribution in [2.75, 3.05) is 4.72 Å². The van der Waals surface area contributed by atoms with Gasteiger partial charge < -0.3 is 0 Å². The second-order valence-corrected chi connectivity index (χ2v) is 6.81. The van der Waals surface area contributed by atoms with E-state index in [-0.39, 0.29) is 5.75 Å². The number of hydrogen-bond donors (Lipinski definition) is 1. The van der Waals surface area contributed by atoms with E-state index in [0.29, 0.717) is 16.8 Å². The van der Waals surface area contributed by atoms with Crippen LogP contribution in [-0.4, -0.2) is 8.42 Å². The van der Waals surface area contributed by atoms with Gasteiger partial charge in [-0.3, -0.25) is 4.72 Å². The Labute approximate surface area is 126 Å². The Bertz CT molecular complexity index is 732. The highest BCUT2D eigenvalue weighted by molar-refractivity contribution is 9.10. The van der Waals surface area contributed by atoms with E-state index in [1.165, 1.54) is 0 Å². The van der Waals surface area contributed by atoms with Gasteiger partial charge in [0.15, 0.2) is 0 Å². The van der Waals surface area contributed by atoms with Crippen molar-refractivity contribution in [1.29, 1.82) is 5.26 Å². The molecule has 0 heterocycles. The van der Waals surface area contributed by atoms with Crippen LogP contribution in [0.1, 0.15) is 11.1 Å². The van der Waals surface area contributed by atoms with Gasteiger partial charge in [0.25, 0.3) is 0 Å². The van der Waals surface area contributed by atoms with Crippen LogP contribution in [0.2, 0.25) is 0 Å². The normalized spacial score (nSPS) is 10.8. The maximum atomic E-state index is 12.0. The van der Waals surface area contributed by atoms with Crippen molar-refractivity contribution in [2.24, 2.45) is 0 Å². The Morgan fingerprint density at radius 1 is 1.05 bits per heavy atom. The summed E-state index contributed by atoms with van der Waals surface area (Å²) in [5.74, 6) is -0.130. The minimum absolute atomic E-state index is 0.130. The minimum Gasteiger partial charge on any atom is -0.283 e. The third-order valence-corrected chi connectivity index (χ3v) is 4.35. The number of hydrogen-bond acceptors (Lipinski definition) is 3. The molecule has 2 aromatic rings. The molecule has 1 N–H and O–H groups in total. The molecule has 102 valence electrons. The lowest BCUT2D eigenvalue weighted by molar-refractivity contribution is 0.600. The van der Waals surface area contributed by atoms with Crippen LogP contribution >= 0.6 is 15.9 Å². The number of benzene rings is 2. The number of nitriles is 1. The van der Waals surface area contributed by atoms with Crippen molar-refractivity contribution >= 4 is 31.6 Å². The molecule has 0 saturated heterocycles. The molecule has 0 bridgehead atoms. The summed E-state index contributed by atoms with van der Waals surface area (Å²) in [5.41, 5.74) is 1.66. The van der Waals surface area contributed by atoms with E-state index in [1.54, 1.807) is 48.5 Å². The summed E-state index contributed by atoms with van der Waals surface area (Å²) in [6.07, 6.45) is 0. The van der Waals surface area contributed by atoms with Crippen LogP contribution in [0.5, 0.6) is 0 Å². The number of nitrogens with one attached hydrogen (secondary N) is 1. The fraction of sp³-hybridized carbons (Fsp3) is 0.0714. The largest absolute Gasteiger partial charge is 0.283 e. The topological polar surface area (TPSA) is 70.0 Å². The SMILES string of the molecule is N#Cc1ccc(CS(=O)(=O)Nc2ccc(Br)cc2)cc1. The summed E-state index contributed by atoms with van der Waals surface area (Å²) in [5, 5.41) is 8.69. The molecule has 0 unspecified atom stereocenters. The molecule has 0 spiro atoms. The third kappa shape index (κ3) is 4.08. The van der Waals surface area contributed by atoms with E-state index in [4.69, 9.17) is 5.26 Å². The Kier molecular flexibility index (Phi) is 4.42. The van der Waals surface area contributed by atoms with Crippen molar-refractivity contribution in [1.82, 2.24) is 0 Å². The van der Waals surface area contributed by atoms with Gasteiger partial charge in [-0.25, -0.2) is 8.42 Å². The van der Waals surface area contributed by atoms with Gasteiger partial charge in [-0.05, 0) is 42.0 Å². The second kappa shape index (κ2) is 6.07. The van der Waals surface area contributed by atoms with Crippen LogP contribution in [0.3, 0.4) is 0 Å². The molecule has 0 saturated carbocycles. The lowest BCUT2D eigenvalue weighted by Gasteiger charge is -2.08. The molecule has 0 aliphatic rings. The van der Waals surface area contributed by atoms with Gasteiger partial charge in [0, 0.05) is 10.2 Å². The summed E-state index contributed by atoms with van der Waals surface area (Å²) in [6.45, 7) is 0. The average molecular weight is 351 g/mol. The van der Waals surface area contributed by atoms with Crippen LogP contribution in [-0.2, 0) is 15.8 Å². The molecule has 0 aliphatic carbocycles. The van der Waals surface area contributed by atoms with E-state index < -0.39 is 10.0 Å². The lowest BCUT2D eigenvalue weighted by Crippen LogP contribution is -2.14. The molecule has 0 atom stereocenters. The first kappa shape index (κ1) is 14.6. The van der Waals surface area contributed by atoms with Crippen molar-refractivity contribution in [2.45, 2.75) is 5.75 Å². The van der Waals surface area contributed by atoms with Crippen LogP contribution in [0, 0.1) is 11.3 Å². The molecule has 2 rings (SSSR count). The van der Waals surface area contributed by atoms with E-state index in [0.717, 1.165) is 4.47 Å². The monoisotopic (exact) mass is 350 g/mol. The van der Waals surface area contributed by atoms with Crippen LogP contribution in [0.15, 0.2) is 53.0 Å². The first-order chi connectivity index (χ1) is 9.48. The van der Waals surface area contributed by atoms with E-state index in [2.05, 4.69) is 20.7 Å². The summed E-state index contributed by atoms with van der Waals surface area (Å²) < 4.78 is 27.4. The molecule has 0 radical (unpaired) electrons. The van der Waals surface area contributed by atoms with Crippen molar-refractivity contribution in [3.05, 3.63) is 64.1 Å². The Hall–Kier alpha value is -1.84. The zero-order chi connectivity index (χ0) is 14.6. The molecule has 0 aliphatic heterocycles. The van der Waals surface area contributed by atoms with Gasteiger partial charge >= 0.3 is 0 Å². The maximum absolute atomic E-state index is 12.0. The zero-order valence-electron chi connectivity index (χ0n) is 10.4. The standard InChI is InChI=1S/C14H11BrN2O2S/c15-13-5-7-14(8-6-13)17-20(18,19)10-12-3-1-11(9-16)2-4-12/h1-8,17H,10H2. The summed E-state index contributed by atoms with van der Waals surface area (Å²) in [4.78, 5) is 0. The molecule has 6 heteroatoms. The van der Waals surface area contributed by atoms with E-state index in [9.17, 15) is 8.42 Å². The fourth-order valence-corrected chi connectivity index (χ4v) is 3.09. The maximum Gasteiger partial charge on any atom is 0.236 e. The molecule has 0 fully saturated rings. The highest BCUT2D eigenvalue weighted by Crippen LogP contribution is 2.17. The van der Waals surface area contributed by atoms with Gasteiger partial charge in [0.2, 0.25) is 10.0 Å². The van der Waals surface area contributed by atoms with Crippen LogP contribution < -0.4 is 4.72 Å². The Morgan fingerprint density at radius 2 is 1.65 bits per heavy atom. The number of nitrogens with zero attached hydrogens (tertiary/aromatic N) is 1. The van der Waals surface area contributed by atoms with Gasteiger partial charge in [-0.1, -0.05) is 28.1 Å². The molecule has 4 nitrogen and oxygen atoms in total. The van der Waals surface area contributed by atoms with Crippen molar-refractivity contribution in [3.8, 4) is 6.07 Å². The quantitative estimate of drug-likeness (QED) is 0.919. The molecule has 2 aromatic carbocycles. The zero-order valence-corrected chi connectivity index (χ0v) is 12.8. The van der Waals surface area contributed by atoms with Crippen LogP contribution in [0.4, 0.5) is 5.69 Å². The number of sulfonamides is 1. The van der Waals surface area contributed by atoms with Crippen molar-refractivity contribution < 1.29 is 8.42 Å². The first-order valence-corrected chi connectivity index (χ1v) is 8.18. The lowest BCUT2D eigenvalue weighted by atomic mass is 10.2. The Balaban J connectivity index is 2.10. The third-order valence-electron chi connectivity index (χ3n) is 2.56. The number of rotatable bonds is 4. The molecular formula is C14H11BrN2O2S. The summed E-state index contributed by atoms with van der Waals surface area (Å²) in [6, 6.07) is 15.4. The van der Waals surface area contributed by atoms with Gasteiger partial charge in [-0.15, -0.1) is 0 Å². The van der Waals surface area contributed by atoms with Gasteiger partial charge in [0.1, 0.15) is 0 Å².